The molecular weight excluding hydrogens is 162 g/mol. The van der Waals surface area contributed by atoms with E-state index >= 15 is 0 Å². The second-order valence-electron chi connectivity index (χ2n) is 4.04. The van der Waals surface area contributed by atoms with Crippen molar-refractivity contribution < 1.29 is 9.73 Å². The van der Waals surface area contributed by atoms with Gasteiger partial charge in [0.25, 0.3) is 0 Å². The van der Waals surface area contributed by atoms with Gasteiger partial charge in [-0.3, -0.25) is 0 Å². The molecule has 2 rings (SSSR count). The van der Waals surface area contributed by atoms with Crippen LogP contribution in [0.5, 0.6) is 0 Å². The molecule has 0 aliphatic heterocycles. The van der Waals surface area contributed by atoms with Gasteiger partial charge < -0.3 is 9.73 Å². The van der Waals surface area contributed by atoms with Gasteiger partial charge in [-0.25, -0.2) is 0 Å². The summed E-state index contributed by atoms with van der Waals surface area (Å²) in [5.41, 5.74) is 0. The lowest BCUT2D eigenvalue weighted by atomic mass is 10.2. The summed E-state index contributed by atoms with van der Waals surface area (Å²) in [6, 6.07) is 5.35. The lowest BCUT2D eigenvalue weighted by Gasteiger charge is -2.13. The van der Waals surface area contributed by atoms with Gasteiger partial charge in [-0.05, 0) is 44.7 Å². The SMILES string of the molecule is C[C@@H]([NH2+]C1CCCC1)c1ccco1. The lowest BCUT2D eigenvalue weighted by Crippen LogP contribution is -2.89. The van der Waals surface area contributed by atoms with Crippen LogP contribution in [0.1, 0.15) is 44.4 Å². The molecule has 1 atom stereocenters. The summed E-state index contributed by atoms with van der Waals surface area (Å²) in [5.74, 6) is 1.10. The zero-order chi connectivity index (χ0) is 9.10. The van der Waals surface area contributed by atoms with Crippen LogP contribution in [0, 0.1) is 0 Å². The standard InChI is InChI=1S/C11H17NO/c1-9(11-7-4-8-13-11)12-10-5-2-3-6-10/h4,7-10,12H,2-3,5-6H2,1H3/p+1/t9-/m1/s1. The van der Waals surface area contributed by atoms with E-state index in [2.05, 4.69) is 18.3 Å². The Balaban J connectivity index is 1.87. The summed E-state index contributed by atoms with van der Waals surface area (Å²) >= 11 is 0. The Kier molecular flexibility index (Phi) is 2.69. The number of nitrogens with two attached hydrogens (primary N) is 1. The highest BCUT2D eigenvalue weighted by Gasteiger charge is 2.22. The molecule has 2 nitrogen and oxygen atoms in total. The van der Waals surface area contributed by atoms with Crippen molar-refractivity contribution in [1.29, 1.82) is 0 Å². The fourth-order valence-electron chi connectivity index (χ4n) is 2.20. The maximum Gasteiger partial charge on any atom is 0.160 e. The number of furan rings is 1. The molecule has 0 spiro atoms. The Hall–Kier alpha value is -0.760. The second-order valence-corrected chi connectivity index (χ2v) is 4.04. The Morgan fingerprint density at radius 1 is 1.46 bits per heavy atom. The van der Waals surface area contributed by atoms with Gasteiger partial charge in [0.2, 0.25) is 0 Å². The van der Waals surface area contributed by atoms with Crippen molar-refractivity contribution in [1.82, 2.24) is 0 Å². The highest BCUT2D eigenvalue weighted by molar-refractivity contribution is 5.00. The summed E-state index contributed by atoms with van der Waals surface area (Å²) in [4.78, 5) is 0. The van der Waals surface area contributed by atoms with Crippen molar-refractivity contribution in [2.45, 2.75) is 44.7 Å². The fourth-order valence-corrected chi connectivity index (χ4v) is 2.20. The van der Waals surface area contributed by atoms with E-state index in [4.69, 9.17) is 4.42 Å². The first-order valence-electron chi connectivity index (χ1n) is 5.24. The minimum Gasteiger partial charge on any atom is -0.463 e. The average Bonchev–Trinajstić information content (AvgIpc) is 2.74. The van der Waals surface area contributed by atoms with E-state index in [9.17, 15) is 0 Å². The molecule has 2 heteroatoms. The first kappa shape index (κ1) is 8.82. The maximum atomic E-state index is 5.37. The lowest BCUT2D eigenvalue weighted by molar-refractivity contribution is -0.725. The molecule has 1 aromatic rings. The number of rotatable bonds is 3. The molecular formula is C11H18NO+. The van der Waals surface area contributed by atoms with E-state index < -0.39 is 0 Å². The minimum atomic E-state index is 0.484. The third kappa shape index (κ3) is 2.13. The molecule has 13 heavy (non-hydrogen) atoms. The molecule has 0 unspecified atom stereocenters. The predicted molar refractivity (Wildman–Crippen MR) is 51.3 cm³/mol. The van der Waals surface area contributed by atoms with Crippen LogP contribution in [0.3, 0.4) is 0 Å². The molecule has 1 heterocycles. The molecule has 1 fully saturated rings. The zero-order valence-corrected chi connectivity index (χ0v) is 8.20. The molecule has 1 aliphatic carbocycles. The fraction of sp³-hybridized carbons (Fsp3) is 0.636. The Bertz CT molecular complexity index is 237. The van der Waals surface area contributed by atoms with Crippen LogP contribution in [0.2, 0.25) is 0 Å². The van der Waals surface area contributed by atoms with E-state index in [-0.39, 0.29) is 0 Å². The minimum absolute atomic E-state index is 0.484. The molecule has 72 valence electrons. The average molecular weight is 180 g/mol. The summed E-state index contributed by atoms with van der Waals surface area (Å²) < 4.78 is 5.37. The third-order valence-electron chi connectivity index (χ3n) is 2.95. The Morgan fingerprint density at radius 2 is 2.23 bits per heavy atom. The van der Waals surface area contributed by atoms with Crippen LogP contribution in [-0.4, -0.2) is 6.04 Å². The summed E-state index contributed by atoms with van der Waals surface area (Å²) in [5, 5.41) is 2.45. The molecule has 1 saturated carbocycles. The smallest absolute Gasteiger partial charge is 0.160 e. The number of hydrogen-bond acceptors (Lipinski definition) is 1. The first-order valence-corrected chi connectivity index (χ1v) is 5.24. The zero-order valence-electron chi connectivity index (χ0n) is 8.20. The quantitative estimate of drug-likeness (QED) is 0.755. The monoisotopic (exact) mass is 180 g/mol. The van der Waals surface area contributed by atoms with Gasteiger partial charge in [0.05, 0.1) is 12.3 Å². The van der Waals surface area contributed by atoms with Crippen molar-refractivity contribution in [2.75, 3.05) is 0 Å². The van der Waals surface area contributed by atoms with E-state index in [1.54, 1.807) is 6.26 Å². The van der Waals surface area contributed by atoms with E-state index in [1.165, 1.54) is 25.7 Å². The van der Waals surface area contributed by atoms with Crippen molar-refractivity contribution in [2.24, 2.45) is 0 Å². The van der Waals surface area contributed by atoms with E-state index in [0.717, 1.165) is 11.8 Å². The van der Waals surface area contributed by atoms with Crippen LogP contribution in [0.25, 0.3) is 0 Å². The second kappa shape index (κ2) is 3.97. The van der Waals surface area contributed by atoms with Gasteiger partial charge in [-0.2, -0.15) is 0 Å². The van der Waals surface area contributed by atoms with Crippen molar-refractivity contribution in [3.63, 3.8) is 0 Å². The Labute approximate surface area is 79.3 Å². The molecule has 0 radical (unpaired) electrons. The number of quaternary nitrogens is 1. The van der Waals surface area contributed by atoms with Gasteiger partial charge in [0.1, 0.15) is 6.04 Å². The van der Waals surface area contributed by atoms with Gasteiger partial charge in [-0.15, -0.1) is 0 Å². The van der Waals surface area contributed by atoms with Crippen LogP contribution in [0.4, 0.5) is 0 Å². The maximum absolute atomic E-state index is 5.37. The topological polar surface area (TPSA) is 29.8 Å². The molecule has 0 bridgehead atoms. The van der Waals surface area contributed by atoms with E-state index in [1.807, 2.05) is 6.07 Å². The normalized spacial score (nSPS) is 20.7. The van der Waals surface area contributed by atoms with Gasteiger partial charge in [0, 0.05) is 0 Å². The van der Waals surface area contributed by atoms with Gasteiger partial charge in [0.15, 0.2) is 5.76 Å². The Morgan fingerprint density at radius 3 is 2.85 bits per heavy atom. The highest BCUT2D eigenvalue weighted by atomic mass is 16.3. The van der Waals surface area contributed by atoms with Crippen molar-refractivity contribution >= 4 is 0 Å². The van der Waals surface area contributed by atoms with E-state index in [0.29, 0.717) is 6.04 Å². The highest BCUT2D eigenvalue weighted by Crippen LogP contribution is 2.16. The molecule has 0 aromatic carbocycles. The third-order valence-corrected chi connectivity index (χ3v) is 2.95. The van der Waals surface area contributed by atoms with Crippen LogP contribution >= 0.6 is 0 Å². The first-order chi connectivity index (χ1) is 6.36. The largest absolute Gasteiger partial charge is 0.463 e. The van der Waals surface area contributed by atoms with Crippen LogP contribution in [-0.2, 0) is 0 Å². The van der Waals surface area contributed by atoms with Gasteiger partial charge >= 0.3 is 0 Å². The summed E-state index contributed by atoms with van der Waals surface area (Å²) in [6.07, 6.45) is 7.34. The van der Waals surface area contributed by atoms with Crippen molar-refractivity contribution in [3.05, 3.63) is 24.2 Å². The molecule has 2 N–H and O–H groups in total. The number of hydrogen-bond donors (Lipinski definition) is 1. The summed E-state index contributed by atoms with van der Waals surface area (Å²) in [6.45, 7) is 2.22. The predicted octanol–water partition coefficient (Wildman–Crippen LogP) is 1.85. The molecule has 1 aromatic heterocycles. The molecule has 1 aliphatic rings. The van der Waals surface area contributed by atoms with Gasteiger partial charge in [-0.1, -0.05) is 0 Å². The van der Waals surface area contributed by atoms with Crippen molar-refractivity contribution in [3.8, 4) is 0 Å². The summed E-state index contributed by atoms with van der Waals surface area (Å²) in [7, 11) is 0. The van der Waals surface area contributed by atoms with Crippen LogP contribution < -0.4 is 5.32 Å². The molecule has 0 saturated heterocycles. The molecule has 0 amide bonds. The van der Waals surface area contributed by atoms with Crippen LogP contribution in [0.15, 0.2) is 22.8 Å².